The van der Waals surface area contributed by atoms with E-state index in [1.165, 1.54) is 0 Å². The summed E-state index contributed by atoms with van der Waals surface area (Å²) in [6.07, 6.45) is 2.12. The van der Waals surface area contributed by atoms with Gasteiger partial charge in [0.2, 0.25) is 0 Å². The van der Waals surface area contributed by atoms with Crippen LogP contribution < -0.4 is 0 Å². The van der Waals surface area contributed by atoms with Crippen molar-refractivity contribution in [1.29, 1.82) is 0 Å². The molecule has 0 saturated carbocycles. The molecule has 3 heteroatoms. The van der Waals surface area contributed by atoms with E-state index in [1.807, 2.05) is 12.1 Å². The Morgan fingerprint density at radius 2 is 2.35 bits per heavy atom. The summed E-state index contributed by atoms with van der Waals surface area (Å²) in [5.74, 6) is 0.407. The van der Waals surface area contributed by atoms with Crippen LogP contribution in [0.15, 0.2) is 24.8 Å². The van der Waals surface area contributed by atoms with Gasteiger partial charge in [-0.15, -0.1) is 0 Å². The van der Waals surface area contributed by atoms with Gasteiger partial charge in [-0.25, -0.2) is 4.79 Å². The maximum absolute atomic E-state index is 11.3. The SMILES string of the molecule is C=C(OCCCC)c1ccc2c(c1)COC2=O. The molecule has 1 aromatic rings. The second-order valence-electron chi connectivity index (χ2n) is 4.07. The molecule has 0 bridgehead atoms. The summed E-state index contributed by atoms with van der Waals surface area (Å²) in [4.78, 5) is 11.3. The van der Waals surface area contributed by atoms with E-state index in [4.69, 9.17) is 9.47 Å². The number of ether oxygens (including phenoxy) is 2. The van der Waals surface area contributed by atoms with Crippen molar-refractivity contribution in [3.8, 4) is 0 Å². The van der Waals surface area contributed by atoms with Gasteiger partial charge in [-0.05, 0) is 18.6 Å². The zero-order chi connectivity index (χ0) is 12.3. The highest BCUT2D eigenvalue weighted by molar-refractivity contribution is 5.93. The first kappa shape index (κ1) is 11.7. The normalized spacial score (nSPS) is 13.1. The van der Waals surface area contributed by atoms with E-state index < -0.39 is 0 Å². The molecule has 1 aliphatic rings. The molecule has 0 aromatic heterocycles. The number of carbonyl (C=O) groups is 1. The zero-order valence-electron chi connectivity index (χ0n) is 9.99. The van der Waals surface area contributed by atoms with Crippen molar-refractivity contribution in [1.82, 2.24) is 0 Å². The second kappa shape index (κ2) is 5.04. The fourth-order valence-electron chi connectivity index (χ4n) is 1.73. The number of rotatable bonds is 5. The quantitative estimate of drug-likeness (QED) is 0.444. The van der Waals surface area contributed by atoms with Gasteiger partial charge in [-0.1, -0.05) is 26.0 Å². The van der Waals surface area contributed by atoms with E-state index in [1.54, 1.807) is 6.07 Å². The molecule has 0 fully saturated rings. The van der Waals surface area contributed by atoms with E-state index in [9.17, 15) is 4.79 Å². The Kier molecular flexibility index (Phi) is 3.47. The number of unbranched alkanes of at least 4 members (excludes halogenated alkanes) is 1. The minimum absolute atomic E-state index is 0.246. The van der Waals surface area contributed by atoms with Gasteiger partial charge in [-0.3, -0.25) is 0 Å². The number of benzene rings is 1. The van der Waals surface area contributed by atoms with E-state index in [2.05, 4.69) is 13.5 Å². The van der Waals surface area contributed by atoms with E-state index in [0.29, 0.717) is 24.5 Å². The van der Waals surface area contributed by atoms with Crippen LogP contribution in [-0.2, 0) is 16.1 Å². The topological polar surface area (TPSA) is 35.5 Å². The zero-order valence-corrected chi connectivity index (χ0v) is 9.99. The van der Waals surface area contributed by atoms with Crippen molar-refractivity contribution in [3.63, 3.8) is 0 Å². The van der Waals surface area contributed by atoms with Crippen LogP contribution >= 0.6 is 0 Å². The summed E-state index contributed by atoms with van der Waals surface area (Å²) in [7, 11) is 0. The third-order valence-electron chi connectivity index (χ3n) is 2.78. The third kappa shape index (κ3) is 2.49. The van der Waals surface area contributed by atoms with Crippen molar-refractivity contribution >= 4 is 11.7 Å². The number of esters is 1. The standard InChI is InChI=1S/C14H16O3/c1-3-4-7-16-10(2)11-5-6-13-12(8-11)9-17-14(13)15/h5-6,8H,2-4,7,9H2,1H3. The van der Waals surface area contributed by atoms with Crippen LogP contribution in [0.2, 0.25) is 0 Å². The second-order valence-corrected chi connectivity index (χ2v) is 4.07. The summed E-state index contributed by atoms with van der Waals surface area (Å²) in [5.41, 5.74) is 2.47. The third-order valence-corrected chi connectivity index (χ3v) is 2.78. The van der Waals surface area contributed by atoms with Crippen LogP contribution in [0.3, 0.4) is 0 Å². The Balaban J connectivity index is 2.07. The average molecular weight is 232 g/mol. The van der Waals surface area contributed by atoms with Gasteiger partial charge < -0.3 is 9.47 Å². The monoisotopic (exact) mass is 232 g/mol. The van der Waals surface area contributed by atoms with Gasteiger partial charge in [0.05, 0.1) is 12.2 Å². The summed E-state index contributed by atoms with van der Waals surface area (Å²) >= 11 is 0. The molecule has 2 rings (SSSR count). The van der Waals surface area contributed by atoms with Gasteiger partial charge in [-0.2, -0.15) is 0 Å². The molecule has 1 aromatic carbocycles. The molecule has 17 heavy (non-hydrogen) atoms. The lowest BCUT2D eigenvalue weighted by Gasteiger charge is -2.09. The minimum atomic E-state index is -0.246. The molecule has 0 radical (unpaired) electrons. The van der Waals surface area contributed by atoms with Crippen LogP contribution in [0.25, 0.3) is 5.76 Å². The van der Waals surface area contributed by atoms with Crippen LogP contribution in [0.5, 0.6) is 0 Å². The van der Waals surface area contributed by atoms with Crippen LogP contribution in [0.1, 0.15) is 41.3 Å². The number of hydrogen-bond donors (Lipinski definition) is 0. The molecule has 3 nitrogen and oxygen atoms in total. The Morgan fingerprint density at radius 3 is 3.12 bits per heavy atom. The first-order valence-corrected chi connectivity index (χ1v) is 5.84. The molecule has 0 saturated heterocycles. The summed E-state index contributed by atoms with van der Waals surface area (Å²) in [6.45, 7) is 7.04. The van der Waals surface area contributed by atoms with Gasteiger partial charge in [0.1, 0.15) is 12.4 Å². The lowest BCUT2D eigenvalue weighted by atomic mass is 10.1. The molecule has 0 spiro atoms. The van der Waals surface area contributed by atoms with Gasteiger partial charge in [0.15, 0.2) is 0 Å². The molecular formula is C14H16O3. The predicted molar refractivity (Wildman–Crippen MR) is 65.5 cm³/mol. The fourth-order valence-corrected chi connectivity index (χ4v) is 1.73. The fraction of sp³-hybridized carbons (Fsp3) is 0.357. The molecule has 0 N–H and O–H groups in total. The first-order chi connectivity index (χ1) is 8.22. The Labute approximate surface area is 101 Å². The van der Waals surface area contributed by atoms with Crippen molar-refractivity contribution in [3.05, 3.63) is 41.5 Å². The van der Waals surface area contributed by atoms with E-state index in [-0.39, 0.29) is 5.97 Å². The van der Waals surface area contributed by atoms with Crippen LogP contribution in [0.4, 0.5) is 0 Å². The Bertz CT molecular complexity index is 449. The number of carbonyl (C=O) groups excluding carboxylic acids is 1. The highest BCUT2D eigenvalue weighted by Crippen LogP contribution is 2.24. The van der Waals surface area contributed by atoms with Crippen molar-refractivity contribution in [2.75, 3.05) is 6.61 Å². The van der Waals surface area contributed by atoms with Gasteiger partial charge in [0, 0.05) is 11.1 Å². The molecule has 1 aliphatic heterocycles. The van der Waals surface area contributed by atoms with E-state index in [0.717, 1.165) is 24.0 Å². The van der Waals surface area contributed by atoms with Gasteiger partial charge in [0.25, 0.3) is 0 Å². The molecule has 90 valence electrons. The Morgan fingerprint density at radius 1 is 1.53 bits per heavy atom. The number of fused-ring (bicyclic) bond motifs is 1. The largest absolute Gasteiger partial charge is 0.494 e. The summed E-state index contributed by atoms with van der Waals surface area (Å²) in [6, 6.07) is 5.53. The smallest absolute Gasteiger partial charge is 0.338 e. The van der Waals surface area contributed by atoms with Crippen LogP contribution in [-0.4, -0.2) is 12.6 Å². The highest BCUT2D eigenvalue weighted by Gasteiger charge is 2.21. The lowest BCUT2D eigenvalue weighted by molar-refractivity contribution is 0.0535. The number of cyclic esters (lactones) is 1. The molecule has 0 aliphatic carbocycles. The number of hydrogen-bond acceptors (Lipinski definition) is 3. The highest BCUT2D eigenvalue weighted by atomic mass is 16.5. The lowest BCUT2D eigenvalue weighted by Crippen LogP contribution is -1.96. The maximum Gasteiger partial charge on any atom is 0.338 e. The molecule has 0 amide bonds. The molecule has 1 heterocycles. The molecular weight excluding hydrogens is 216 g/mol. The average Bonchev–Trinajstić information content (AvgIpc) is 2.71. The van der Waals surface area contributed by atoms with Crippen molar-refractivity contribution in [2.45, 2.75) is 26.4 Å². The molecule has 0 atom stereocenters. The van der Waals surface area contributed by atoms with Crippen molar-refractivity contribution in [2.24, 2.45) is 0 Å². The Hall–Kier alpha value is -1.77. The minimum Gasteiger partial charge on any atom is -0.494 e. The van der Waals surface area contributed by atoms with E-state index >= 15 is 0 Å². The van der Waals surface area contributed by atoms with Crippen molar-refractivity contribution < 1.29 is 14.3 Å². The molecule has 0 unspecified atom stereocenters. The van der Waals surface area contributed by atoms with Crippen LogP contribution in [0, 0.1) is 0 Å². The van der Waals surface area contributed by atoms with Gasteiger partial charge >= 0.3 is 5.97 Å². The maximum atomic E-state index is 11.3. The first-order valence-electron chi connectivity index (χ1n) is 5.84. The summed E-state index contributed by atoms with van der Waals surface area (Å²) in [5, 5.41) is 0. The predicted octanol–water partition coefficient (Wildman–Crippen LogP) is 3.14. The summed E-state index contributed by atoms with van der Waals surface area (Å²) < 4.78 is 10.5.